The highest BCUT2D eigenvalue weighted by molar-refractivity contribution is 5.88. The van der Waals surface area contributed by atoms with E-state index in [1.54, 1.807) is 23.6 Å². The molecule has 0 bridgehead atoms. The van der Waals surface area contributed by atoms with Crippen molar-refractivity contribution in [3.63, 3.8) is 0 Å². The van der Waals surface area contributed by atoms with Crippen molar-refractivity contribution in [3.05, 3.63) is 18.7 Å². The lowest BCUT2D eigenvalue weighted by Crippen LogP contribution is -2.50. The van der Waals surface area contributed by atoms with E-state index in [0.29, 0.717) is 50.0 Å². The first-order valence-corrected chi connectivity index (χ1v) is 12.6. The summed E-state index contributed by atoms with van der Waals surface area (Å²) in [5.41, 5.74) is 8.08. The molecule has 2 saturated heterocycles. The van der Waals surface area contributed by atoms with Gasteiger partial charge < -0.3 is 29.6 Å². The number of hydrogen-bond donors (Lipinski definition) is 1. The third kappa shape index (κ3) is 5.88. The first-order chi connectivity index (χ1) is 17.8. The number of morpholine rings is 1. The van der Waals surface area contributed by atoms with Crippen LogP contribution in [0.4, 0.5) is 16.7 Å². The van der Waals surface area contributed by atoms with Crippen molar-refractivity contribution in [2.75, 3.05) is 69.7 Å². The standard InChI is InChI=1S/C24H34N10O3/c1-24(2,3)37-23(35)33-7-4-31(5-8-33)6-9-34-16-28-19-18(17-14-26-21(25)27-15-17)29-22(30-20(19)34)32-10-12-36-13-11-32/h14-16H,4-13H2,1-3H3,(H2,25,26,27). The van der Waals surface area contributed by atoms with Gasteiger partial charge in [0.15, 0.2) is 5.65 Å². The van der Waals surface area contributed by atoms with Crippen molar-refractivity contribution in [2.45, 2.75) is 32.9 Å². The fourth-order valence-corrected chi connectivity index (χ4v) is 4.39. The molecule has 198 valence electrons. The average molecular weight is 511 g/mol. The van der Waals surface area contributed by atoms with E-state index in [1.165, 1.54) is 0 Å². The molecule has 2 aliphatic heterocycles. The molecule has 2 fully saturated rings. The number of hydrogen-bond acceptors (Lipinski definition) is 11. The maximum Gasteiger partial charge on any atom is 0.410 e. The molecule has 3 aromatic heterocycles. The topological polar surface area (TPSA) is 141 Å². The number of nitrogens with two attached hydrogens (primary N) is 1. The Hall–Kier alpha value is -3.58. The maximum absolute atomic E-state index is 12.4. The van der Waals surface area contributed by atoms with Crippen LogP contribution in [0.15, 0.2) is 18.7 Å². The van der Waals surface area contributed by atoms with Crippen molar-refractivity contribution in [1.82, 2.24) is 39.3 Å². The van der Waals surface area contributed by atoms with Crippen molar-refractivity contribution < 1.29 is 14.3 Å². The van der Waals surface area contributed by atoms with Gasteiger partial charge in [-0.05, 0) is 20.8 Å². The van der Waals surface area contributed by atoms with Gasteiger partial charge >= 0.3 is 6.09 Å². The van der Waals surface area contributed by atoms with Crippen LogP contribution in [0.1, 0.15) is 20.8 Å². The Kier molecular flexibility index (Phi) is 7.07. The summed E-state index contributed by atoms with van der Waals surface area (Å²) < 4.78 is 13.1. The third-order valence-corrected chi connectivity index (χ3v) is 6.37. The monoisotopic (exact) mass is 510 g/mol. The molecule has 0 unspecified atom stereocenters. The molecule has 2 N–H and O–H groups in total. The van der Waals surface area contributed by atoms with Crippen LogP contribution in [0.25, 0.3) is 22.4 Å². The Bertz CT molecular complexity index is 1230. The normalized spacial score (nSPS) is 17.4. The second-order valence-corrected chi connectivity index (χ2v) is 10.2. The highest BCUT2D eigenvalue weighted by Gasteiger charge is 2.26. The van der Waals surface area contributed by atoms with Crippen molar-refractivity contribution in [3.8, 4) is 11.3 Å². The fourth-order valence-electron chi connectivity index (χ4n) is 4.39. The number of carbonyl (C=O) groups is 1. The smallest absolute Gasteiger partial charge is 0.410 e. The molecule has 13 heteroatoms. The second-order valence-electron chi connectivity index (χ2n) is 10.2. The number of aromatic nitrogens is 6. The van der Waals surface area contributed by atoms with Gasteiger partial charge in [0.25, 0.3) is 0 Å². The maximum atomic E-state index is 12.4. The minimum Gasteiger partial charge on any atom is -0.444 e. The highest BCUT2D eigenvalue weighted by Crippen LogP contribution is 2.27. The molecule has 0 atom stereocenters. The van der Waals surface area contributed by atoms with Crippen LogP contribution >= 0.6 is 0 Å². The molecule has 0 aliphatic carbocycles. The van der Waals surface area contributed by atoms with E-state index >= 15 is 0 Å². The summed E-state index contributed by atoms with van der Waals surface area (Å²) in [4.78, 5) is 41.3. The zero-order valence-corrected chi connectivity index (χ0v) is 21.6. The number of imidazole rings is 1. The predicted molar refractivity (Wildman–Crippen MR) is 138 cm³/mol. The molecule has 3 aromatic rings. The second kappa shape index (κ2) is 10.4. The molecule has 13 nitrogen and oxygen atoms in total. The SMILES string of the molecule is CC(C)(C)OC(=O)N1CCN(CCn2cnc3c(-c4cnc(N)nc4)nc(N4CCOCC4)nc32)CC1. The fraction of sp³-hybridized carbons (Fsp3) is 0.583. The average Bonchev–Trinajstić information content (AvgIpc) is 3.30. The van der Waals surface area contributed by atoms with Crippen LogP contribution in [0.5, 0.6) is 0 Å². The van der Waals surface area contributed by atoms with Crippen LogP contribution in [-0.4, -0.2) is 110 Å². The molecule has 37 heavy (non-hydrogen) atoms. The van der Waals surface area contributed by atoms with Crippen LogP contribution in [-0.2, 0) is 16.0 Å². The number of ether oxygens (including phenoxy) is 2. The Morgan fingerprint density at radius 2 is 1.70 bits per heavy atom. The Balaban J connectivity index is 1.33. The van der Waals surface area contributed by atoms with Crippen molar-refractivity contribution >= 4 is 29.2 Å². The third-order valence-electron chi connectivity index (χ3n) is 6.37. The first kappa shape index (κ1) is 25.1. The molecule has 0 radical (unpaired) electrons. The van der Waals surface area contributed by atoms with Crippen LogP contribution in [0.2, 0.25) is 0 Å². The summed E-state index contributed by atoms with van der Waals surface area (Å²) in [5, 5.41) is 0. The van der Waals surface area contributed by atoms with Gasteiger partial charge in [0.1, 0.15) is 16.8 Å². The lowest BCUT2D eigenvalue weighted by molar-refractivity contribution is 0.0143. The number of fused-ring (bicyclic) bond motifs is 1. The summed E-state index contributed by atoms with van der Waals surface area (Å²) in [5.74, 6) is 0.843. The van der Waals surface area contributed by atoms with Gasteiger partial charge in [-0.3, -0.25) is 4.90 Å². The summed E-state index contributed by atoms with van der Waals surface area (Å²) in [7, 11) is 0. The van der Waals surface area contributed by atoms with Crippen molar-refractivity contribution in [2.24, 2.45) is 0 Å². The zero-order chi connectivity index (χ0) is 26.0. The largest absolute Gasteiger partial charge is 0.444 e. The number of nitrogens with zero attached hydrogens (tertiary/aromatic N) is 9. The zero-order valence-electron chi connectivity index (χ0n) is 21.6. The van der Waals surface area contributed by atoms with E-state index in [0.717, 1.165) is 43.9 Å². The van der Waals surface area contributed by atoms with E-state index in [9.17, 15) is 4.79 Å². The Morgan fingerprint density at radius 1 is 1.00 bits per heavy atom. The van der Waals surface area contributed by atoms with E-state index in [2.05, 4.69) is 29.3 Å². The van der Waals surface area contributed by atoms with Crippen LogP contribution in [0, 0.1) is 0 Å². The van der Waals surface area contributed by atoms with Gasteiger partial charge in [0.05, 0.1) is 19.5 Å². The van der Waals surface area contributed by atoms with Gasteiger partial charge in [-0.15, -0.1) is 0 Å². The minimum absolute atomic E-state index is 0.208. The van der Waals surface area contributed by atoms with Gasteiger partial charge in [0, 0.05) is 70.3 Å². The molecule has 0 spiro atoms. The van der Waals surface area contributed by atoms with E-state index in [4.69, 9.17) is 25.2 Å². The summed E-state index contributed by atoms with van der Waals surface area (Å²) in [6, 6.07) is 0. The lowest BCUT2D eigenvalue weighted by atomic mass is 10.2. The molecule has 0 saturated carbocycles. The molecule has 5 heterocycles. The number of anilines is 2. The summed E-state index contributed by atoms with van der Waals surface area (Å²) >= 11 is 0. The highest BCUT2D eigenvalue weighted by atomic mass is 16.6. The van der Waals surface area contributed by atoms with Gasteiger partial charge in [-0.25, -0.2) is 24.7 Å². The van der Waals surface area contributed by atoms with E-state index < -0.39 is 5.60 Å². The summed E-state index contributed by atoms with van der Waals surface area (Å²) in [6.45, 7) is 12.7. The summed E-state index contributed by atoms with van der Waals surface area (Å²) in [6.07, 6.45) is 4.88. The number of piperazine rings is 1. The van der Waals surface area contributed by atoms with Crippen molar-refractivity contribution in [1.29, 1.82) is 0 Å². The number of amides is 1. The Morgan fingerprint density at radius 3 is 2.38 bits per heavy atom. The van der Waals surface area contributed by atoms with Gasteiger partial charge in [0.2, 0.25) is 11.9 Å². The van der Waals surface area contributed by atoms with Gasteiger partial charge in [-0.2, -0.15) is 4.98 Å². The first-order valence-electron chi connectivity index (χ1n) is 12.6. The van der Waals surface area contributed by atoms with Crippen LogP contribution < -0.4 is 10.6 Å². The number of carbonyl (C=O) groups excluding carboxylic acids is 1. The predicted octanol–water partition coefficient (Wildman–Crippen LogP) is 1.25. The molecule has 0 aromatic carbocycles. The number of rotatable bonds is 5. The van der Waals surface area contributed by atoms with E-state index in [1.807, 2.05) is 20.8 Å². The van der Waals surface area contributed by atoms with Crippen LogP contribution in [0.3, 0.4) is 0 Å². The molecular weight excluding hydrogens is 476 g/mol. The number of nitrogen functional groups attached to an aromatic ring is 1. The molecule has 5 rings (SSSR count). The lowest BCUT2D eigenvalue weighted by Gasteiger charge is -2.35. The quantitative estimate of drug-likeness (QED) is 0.530. The Labute approximate surface area is 215 Å². The van der Waals surface area contributed by atoms with E-state index in [-0.39, 0.29) is 12.0 Å². The molecular formula is C24H34N10O3. The molecule has 2 aliphatic rings. The molecule has 1 amide bonds. The minimum atomic E-state index is -0.490. The van der Waals surface area contributed by atoms with Gasteiger partial charge in [-0.1, -0.05) is 0 Å².